The monoisotopic (exact) mass is 276 g/mol. The topological polar surface area (TPSA) is 24.9 Å². The van der Waals surface area contributed by atoms with Gasteiger partial charge in [-0.15, -0.1) is 11.3 Å². The molecule has 0 aliphatic heterocycles. The number of thiophene rings is 1. The lowest BCUT2D eigenvalue weighted by Gasteiger charge is -2.13. The van der Waals surface area contributed by atoms with Gasteiger partial charge in [-0.2, -0.15) is 4.39 Å². The second kappa shape index (κ2) is 5.29. The van der Waals surface area contributed by atoms with Crippen molar-refractivity contribution in [2.45, 2.75) is 38.6 Å². The first kappa shape index (κ1) is 12.6. The number of rotatable bonds is 3. The van der Waals surface area contributed by atoms with Crippen LogP contribution in [-0.4, -0.2) is 4.98 Å². The maximum Gasteiger partial charge on any atom is 0.212 e. The van der Waals surface area contributed by atoms with E-state index in [-0.39, 0.29) is 6.04 Å². The Labute approximate surface area is 116 Å². The molecule has 1 N–H and O–H groups in total. The second-order valence-corrected chi connectivity index (χ2v) is 6.21. The first-order valence-corrected chi connectivity index (χ1v) is 7.53. The Balaban J connectivity index is 1.74. The molecular weight excluding hydrogens is 259 g/mol. The third-order valence-corrected chi connectivity index (χ3v) is 4.97. The molecule has 4 heteroatoms. The van der Waals surface area contributed by atoms with Gasteiger partial charge in [0, 0.05) is 9.75 Å². The van der Waals surface area contributed by atoms with E-state index in [0.29, 0.717) is 0 Å². The van der Waals surface area contributed by atoms with Crippen molar-refractivity contribution in [1.29, 1.82) is 0 Å². The van der Waals surface area contributed by atoms with E-state index in [9.17, 15) is 4.39 Å². The van der Waals surface area contributed by atoms with Gasteiger partial charge in [0.15, 0.2) is 0 Å². The van der Waals surface area contributed by atoms with Crippen LogP contribution >= 0.6 is 11.3 Å². The third kappa shape index (κ3) is 2.78. The zero-order chi connectivity index (χ0) is 13.2. The van der Waals surface area contributed by atoms with Gasteiger partial charge in [0.2, 0.25) is 5.95 Å². The lowest BCUT2D eigenvalue weighted by molar-refractivity contribution is 0.584. The SMILES string of the molecule is CC(Nc1ccc(F)nc1)c1cc2c(s1)CCCC2. The number of fused-ring (bicyclic) bond motifs is 1. The minimum absolute atomic E-state index is 0.239. The summed E-state index contributed by atoms with van der Waals surface area (Å²) in [6.45, 7) is 2.14. The smallest absolute Gasteiger partial charge is 0.212 e. The molecule has 0 aromatic carbocycles. The molecule has 0 spiro atoms. The second-order valence-electron chi connectivity index (χ2n) is 5.04. The van der Waals surface area contributed by atoms with Gasteiger partial charge in [-0.1, -0.05) is 0 Å². The lowest BCUT2D eigenvalue weighted by Crippen LogP contribution is -2.05. The van der Waals surface area contributed by atoms with Gasteiger partial charge >= 0.3 is 0 Å². The fraction of sp³-hybridized carbons (Fsp3) is 0.400. The summed E-state index contributed by atoms with van der Waals surface area (Å²) in [5.74, 6) is -0.440. The van der Waals surface area contributed by atoms with Crippen LogP contribution in [0.25, 0.3) is 0 Å². The molecule has 0 amide bonds. The van der Waals surface area contributed by atoms with Crippen LogP contribution in [0.3, 0.4) is 0 Å². The summed E-state index contributed by atoms with van der Waals surface area (Å²) >= 11 is 1.91. The van der Waals surface area contributed by atoms with E-state index in [1.54, 1.807) is 17.1 Å². The standard InChI is InChI=1S/C15H17FN2S/c1-10(18-12-6-7-15(16)17-9-12)14-8-11-4-2-3-5-13(11)19-14/h6-10,18H,2-5H2,1H3. The molecule has 1 atom stereocenters. The Morgan fingerprint density at radius 2 is 2.16 bits per heavy atom. The molecule has 0 radical (unpaired) electrons. The molecule has 0 saturated heterocycles. The summed E-state index contributed by atoms with van der Waals surface area (Å²) in [4.78, 5) is 6.57. The summed E-state index contributed by atoms with van der Waals surface area (Å²) in [5, 5.41) is 3.38. The summed E-state index contributed by atoms with van der Waals surface area (Å²) in [5.41, 5.74) is 2.39. The summed E-state index contributed by atoms with van der Waals surface area (Å²) in [7, 11) is 0. The highest BCUT2D eigenvalue weighted by atomic mass is 32.1. The van der Waals surface area contributed by atoms with Gasteiger partial charge in [-0.25, -0.2) is 4.98 Å². The van der Waals surface area contributed by atoms with Gasteiger partial charge in [0.1, 0.15) is 0 Å². The summed E-state index contributed by atoms with van der Waals surface area (Å²) in [6.07, 6.45) is 6.62. The van der Waals surface area contributed by atoms with Crippen molar-refractivity contribution in [2.24, 2.45) is 0 Å². The van der Waals surface area contributed by atoms with Crippen molar-refractivity contribution in [3.8, 4) is 0 Å². The fourth-order valence-corrected chi connectivity index (χ4v) is 3.77. The van der Waals surface area contributed by atoms with Crippen molar-refractivity contribution >= 4 is 17.0 Å². The molecule has 0 saturated carbocycles. The molecule has 2 aromatic rings. The number of nitrogens with one attached hydrogen (secondary N) is 1. The number of aromatic nitrogens is 1. The number of hydrogen-bond acceptors (Lipinski definition) is 3. The van der Waals surface area contributed by atoms with Crippen molar-refractivity contribution in [1.82, 2.24) is 4.98 Å². The number of hydrogen-bond donors (Lipinski definition) is 1. The van der Waals surface area contributed by atoms with Crippen LogP contribution < -0.4 is 5.32 Å². The van der Waals surface area contributed by atoms with Crippen LogP contribution in [0.5, 0.6) is 0 Å². The average Bonchev–Trinajstić information content (AvgIpc) is 2.85. The molecular formula is C15H17FN2S. The lowest BCUT2D eigenvalue weighted by atomic mass is 9.99. The van der Waals surface area contributed by atoms with Crippen LogP contribution in [0, 0.1) is 5.95 Å². The molecule has 0 bridgehead atoms. The maximum absolute atomic E-state index is 12.8. The number of aryl methyl sites for hydroxylation is 2. The number of halogens is 1. The number of pyridine rings is 1. The zero-order valence-corrected chi connectivity index (χ0v) is 11.8. The minimum Gasteiger partial charge on any atom is -0.376 e. The van der Waals surface area contributed by atoms with Crippen molar-refractivity contribution in [2.75, 3.05) is 5.32 Å². The van der Waals surface area contributed by atoms with Crippen LogP contribution in [0.15, 0.2) is 24.4 Å². The Kier molecular flexibility index (Phi) is 3.51. The minimum atomic E-state index is -0.440. The molecule has 1 unspecified atom stereocenters. The Morgan fingerprint density at radius 3 is 2.89 bits per heavy atom. The predicted molar refractivity (Wildman–Crippen MR) is 77.2 cm³/mol. The van der Waals surface area contributed by atoms with Crippen molar-refractivity contribution < 1.29 is 4.39 Å². The quantitative estimate of drug-likeness (QED) is 0.844. The molecule has 1 aliphatic rings. The summed E-state index contributed by atoms with van der Waals surface area (Å²) in [6, 6.07) is 5.68. The molecule has 19 heavy (non-hydrogen) atoms. The van der Waals surface area contributed by atoms with Crippen molar-refractivity contribution in [3.05, 3.63) is 45.7 Å². The Hall–Kier alpha value is -1.42. The molecule has 0 fully saturated rings. The zero-order valence-electron chi connectivity index (χ0n) is 10.9. The van der Waals surface area contributed by atoms with E-state index < -0.39 is 5.95 Å². The predicted octanol–water partition coefficient (Wildman–Crippen LogP) is 4.33. The van der Waals surface area contributed by atoms with Crippen LogP contribution in [0.1, 0.15) is 41.1 Å². The van der Waals surface area contributed by atoms with Gasteiger partial charge in [-0.05, 0) is 56.4 Å². The Morgan fingerprint density at radius 1 is 1.32 bits per heavy atom. The third-order valence-electron chi connectivity index (χ3n) is 3.55. The number of nitrogens with zero attached hydrogens (tertiary/aromatic N) is 1. The highest BCUT2D eigenvalue weighted by molar-refractivity contribution is 7.12. The van der Waals surface area contributed by atoms with Crippen molar-refractivity contribution in [3.63, 3.8) is 0 Å². The van der Waals surface area contributed by atoms with E-state index in [0.717, 1.165) is 5.69 Å². The van der Waals surface area contributed by atoms with Crippen LogP contribution in [0.2, 0.25) is 0 Å². The maximum atomic E-state index is 12.8. The summed E-state index contributed by atoms with van der Waals surface area (Å²) < 4.78 is 12.8. The van der Waals surface area contributed by atoms with E-state index in [4.69, 9.17) is 0 Å². The van der Waals surface area contributed by atoms with Gasteiger partial charge in [-0.3, -0.25) is 0 Å². The molecule has 2 heterocycles. The molecule has 1 aliphatic carbocycles. The van der Waals surface area contributed by atoms with Gasteiger partial charge in [0.05, 0.1) is 17.9 Å². The van der Waals surface area contributed by atoms with E-state index in [1.165, 1.54) is 42.2 Å². The molecule has 2 nitrogen and oxygen atoms in total. The van der Waals surface area contributed by atoms with E-state index >= 15 is 0 Å². The van der Waals surface area contributed by atoms with E-state index in [2.05, 4.69) is 23.3 Å². The van der Waals surface area contributed by atoms with E-state index in [1.807, 2.05) is 11.3 Å². The van der Waals surface area contributed by atoms with Gasteiger partial charge < -0.3 is 5.32 Å². The molecule has 2 aromatic heterocycles. The Bertz CT molecular complexity index is 539. The first-order chi connectivity index (χ1) is 9.22. The normalized spacial score (nSPS) is 15.9. The van der Waals surface area contributed by atoms with Crippen LogP contribution in [0.4, 0.5) is 10.1 Å². The fourth-order valence-electron chi connectivity index (χ4n) is 2.51. The largest absolute Gasteiger partial charge is 0.376 e. The number of anilines is 1. The molecule has 3 rings (SSSR count). The molecule has 100 valence electrons. The highest BCUT2D eigenvalue weighted by Crippen LogP contribution is 2.33. The highest BCUT2D eigenvalue weighted by Gasteiger charge is 2.16. The first-order valence-electron chi connectivity index (χ1n) is 6.72. The van der Waals surface area contributed by atoms with Crippen LogP contribution in [-0.2, 0) is 12.8 Å². The van der Waals surface area contributed by atoms with Gasteiger partial charge in [0.25, 0.3) is 0 Å². The average molecular weight is 276 g/mol.